The molecule has 4 nitrogen and oxygen atoms in total. The van der Waals surface area contributed by atoms with Gasteiger partial charge in [0.15, 0.2) is 5.96 Å². The summed E-state index contributed by atoms with van der Waals surface area (Å²) < 4.78 is 28.3. The minimum Gasteiger partial charge on any atom is -0.354 e. The van der Waals surface area contributed by atoms with Crippen molar-refractivity contribution in [1.29, 1.82) is 0 Å². The normalized spacial score (nSPS) is 13.2. The van der Waals surface area contributed by atoms with Crippen molar-refractivity contribution in [2.24, 2.45) is 4.99 Å². The molecular formula is C18H24F2N4S. The Labute approximate surface area is 151 Å². The first-order chi connectivity index (χ1) is 11.9. The number of halogens is 2. The Hall–Kier alpha value is -1.99. The van der Waals surface area contributed by atoms with E-state index in [9.17, 15) is 8.78 Å². The molecule has 0 fully saturated rings. The Morgan fingerprint density at radius 3 is 2.40 bits per heavy atom. The number of nitrogens with zero attached hydrogens (tertiary/aromatic N) is 3. The number of rotatable bonds is 6. The summed E-state index contributed by atoms with van der Waals surface area (Å²) >= 11 is 1.65. The van der Waals surface area contributed by atoms with Gasteiger partial charge in [0.05, 0.1) is 6.04 Å². The van der Waals surface area contributed by atoms with Crippen molar-refractivity contribution in [3.63, 3.8) is 0 Å². The molecule has 0 aliphatic rings. The fourth-order valence-corrected chi connectivity index (χ4v) is 3.34. The molecule has 0 saturated carbocycles. The van der Waals surface area contributed by atoms with E-state index in [0.29, 0.717) is 19.0 Å². The molecule has 1 unspecified atom stereocenters. The average Bonchev–Trinajstić information content (AvgIpc) is 3.06. The number of benzene rings is 1. The van der Waals surface area contributed by atoms with Crippen LogP contribution in [0.5, 0.6) is 0 Å². The van der Waals surface area contributed by atoms with Gasteiger partial charge < -0.3 is 15.1 Å². The van der Waals surface area contributed by atoms with Crippen molar-refractivity contribution in [1.82, 2.24) is 15.1 Å². The van der Waals surface area contributed by atoms with Gasteiger partial charge in [-0.2, -0.15) is 11.3 Å². The third-order valence-electron chi connectivity index (χ3n) is 3.98. The van der Waals surface area contributed by atoms with Gasteiger partial charge in [-0.1, -0.05) is 6.07 Å². The van der Waals surface area contributed by atoms with E-state index >= 15 is 0 Å². The lowest BCUT2D eigenvalue weighted by atomic mass is 10.0. The van der Waals surface area contributed by atoms with Crippen LogP contribution in [0.25, 0.3) is 0 Å². The van der Waals surface area contributed by atoms with Crippen LogP contribution in [-0.2, 0) is 6.54 Å². The van der Waals surface area contributed by atoms with Crippen LogP contribution < -0.4 is 5.32 Å². The van der Waals surface area contributed by atoms with Crippen molar-refractivity contribution >= 4 is 17.3 Å². The van der Waals surface area contributed by atoms with Crippen LogP contribution in [0.4, 0.5) is 8.78 Å². The highest BCUT2D eigenvalue weighted by molar-refractivity contribution is 7.07. The number of likely N-dealkylation sites (N-methyl/N-ethyl adjacent to an activating group) is 1. The molecule has 25 heavy (non-hydrogen) atoms. The standard InChI is InChI=1S/C18H24F2N4S/c1-21-18(24(4)11-13-8-9-25-12-13)22-10-16(23(2)3)17-14(19)6-5-7-15(17)20/h5-9,12,16H,10-11H2,1-4H3,(H,21,22). The number of hydrogen-bond donors (Lipinski definition) is 1. The van der Waals surface area contributed by atoms with Gasteiger partial charge in [0, 0.05) is 32.7 Å². The molecule has 0 bridgehead atoms. The lowest BCUT2D eigenvalue weighted by Crippen LogP contribution is -2.42. The molecule has 1 N–H and O–H groups in total. The van der Waals surface area contributed by atoms with E-state index in [0.717, 1.165) is 0 Å². The largest absolute Gasteiger partial charge is 0.354 e. The van der Waals surface area contributed by atoms with Crippen molar-refractivity contribution in [3.05, 3.63) is 57.8 Å². The van der Waals surface area contributed by atoms with E-state index in [1.165, 1.54) is 23.8 Å². The lowest BCUT2D eigenvalue weighted by Gasteiger charge is -2.28. The first kappa shape index (κ1) is 19.3. The van der Waals surface area contributed by atoms with Gasteiger partial charge in [-0.05, 0) is 48.6 Å². The Kier molecular flexibility index (Phi) is 6.90. The summed E-state index contributed by atoms with van der Waals surface area (Å²) in [6, 6.07) is 5.56. The number of aliphatic imine (C=N–C) groups is 1. The number of thiophene rings is 1. The van der Waals surface area contributed by atoms with Crippen molar-refractivity contribution < 1.29 is 8.78 Å². The predicted octanol–water partition coefficient (Wildman–Crippen LogP) is 3.34. The highest BCUT2D eigenvalue weighted by Gasteiger charge is 2.22. The van der Waals surface area contributed by atoms with Gasteiger partial charge in [-0.3, -0.25) is 4.99 Å². The molecule has 1 heterocycles. The van der Waals surface area contributed by atoms with Crippen LogP contribution >= 0.6 is 11.3 Å². The van der Waals surface area contributed by atoms with E-state index in [1.807, 2.05) is 17.3 Å². The van der Waals surface area contributed by atoms with Crippen LogP contribution in [-0.4, -0.2) is 50.5 Å². The lowest BCUT2D eigenvalue weighted by molar-refractivity contribution is 0.280. The highest BCUT2D eigenvalue weighted by atomic mass is 32.1. The molecule has 1 atom stereocenters. The summed E-state index contributed by atoms with van der Waals surface area (Å²) in [5.41, 5.74) is 1.26. The molecule has 2 aromatic rings. The third kappa shape index (κ3) is 4.99. The van der Waals surface area contributed by atoms with Crippen molar-refractivity contribution in [2.75, 3.05) is 34.7 Å². The van der Waals surface area contributed by atoms with E-state index in [2.05, 4.69) is 21.8 Å². The van der Waals surface area contributed by atoms with Gasteiger partial charge in [-0.15, -0.1) is 0 Å². The maximum atomic E-state index is 14.1. The summed E-state index contributed by atoms with van der Waals surface area (Å²) in [4.78, 5) is 8.04. The molecule has 7 heteroatoms. The number of guanidine groups is 1. The Morgan fingerprint density at radius 1 is 1.20 bits per heavy atom. The van der Waals surface area contributed by atoms with Gasteiger partial charge in [0.25, 0.3) is 0 Å². The van der Waals surface area contributed by atoms with Crippen LogP contribution in [0.15, 0.2) is 40.0 Å². The molecule has 1 aromatic carbocycles. The van der Waals surface area contributed by atoms with E-state index in [1.54, 1.807) is 37.4 Å². The zero-order valence-corrected chi connectivity index (χ0v) is 15.8. The Balaban J connectivity index is 2.09. The monoisotopic (exact) mass is 366 g/mol. The fraction of sp³-hybridized carbons (Fsp3) is 0.389. The fourth-order valence-electron chi connectivity index (χ4n) is 2.68. The second-order valence-corrected chi connectivity index (χ2v) is 6.81. The molecule has 1 aromatic heterocycles. The highest BCUT2D eigenvalue weighted by Crippen LogP contribution is 2.24. The topological polar surface area (TPSA) is 30.9 Å². The van der Waals surface area contributed by atoms with Crippen molar-refractivity contribution in [3.8, 4) is 0 Å². The van der Waals surface area contributed by atoms with Crippen LogP contribution in [0.1, 0.15) is 17.2 Å². The van der Waals surface area contributed by atoms with E-state index in [-0.39, 0.29) is 5.56 Å². The predicted molar refractivity (Wildman–Crippen MR) is 99.9 cm³/mol. The SMILES string of the molecule is CN=C(NCC(c1c(F)cccc1F)N(C)C)N(C)Cc1ccsc1. The third-order valence-corrected chi connectivity index (χ3v) is 4.72. The van der Waals surface area contributed by atoms with Crippen LogP contribution in [0.3, 0.4) is 0 Å². The minimum absolute atomic E-state index is 0.0657. The summed E-state index contributed by atoms with van der Waals surface area (Å²) in [7, 11) is 7.23. The van der Waals surface area contributed by atoms with Gasteiger partial charge in [-0.25, -0.2) is 8.78 Å². The maximum absolute atomic E-state index is 14.1. The molecule has 0 aliphatic heterocycles. The Bertz CT molecular complexity index is 681. The van der Waals surface area contributed by atoms with Crippen LogP contribution in [0.2, 0.25) is 0 Å². The first-order valence-corrected chi connectivity index (χ1v) is 8.91. The smallest absolute Gasteiger partial charge is 0.193 e. The molecular weight excluding hydrogens is 342 g/mol. The maximum Gasteiger partial charge on any atom is 0.193 e. The molecule has 136 valence electrons. The van der Waals surface area contributed by atoms with Crippen molar-refractivity contribution in [2.45, 2.75) is 12.6 Å². The summed E-state index contributed by atoms with van der Waals surface area (Å²) in [6.07, 6.45) is 0. The second-order valence-electron chi connectivity index (χ2n) is 6.03. The van der Waals surface area contributed by atoms with Crippen LogP contribution in [0, 0.1) is 11.6 Å². The zero-order chi connectivity index (χ0) is 18.4. The molecule has 0 amide bonds. The molecule has 0 aliphatic carbocycles. The summed E-state index contributed by atoms with van der Waals surface area (Å²) in [5, 5.41) is 7.33. The first-order valence-electron chi connectivity index (χ1n) is 7.97. The summed E-state index contributed by atoms with van der Waals surface area (Å²) in [5.74, 6) is -0.404. The van der Waals surface area contributed by atoms with Gasteiger partial charge in [0.2, 0.25) is 0 Å². The summed E-state index contributed by atoms with van der Waals surface area (Å²) in [6.45, 7) is 1.05. The van der Waals surface area contributed by atoms with E-state index < -0.39 is 17.7 Å². The quantitative estimate of drug-likeness (QED) is 0.628. The van der Waals surface area contributed by atoms with Gasteiger partial charge >= 0.3 is 0 Å². The minimum atomic E-state index is -0.540. The average molecular weight is 366 g/mol. The second kappa shape index (κ2) is 8.92. The molecule has 2 rings (SSSR count). The number of hydrogen-bond acceptors (Lipinski definition) is 3. The van der Waals surface area contributed by atoms with E-state index in [4.69, 9.17) is 0 Å². The zero-order valence-electron chi connectivity index (χ0n) is 15.0. The number of nitrogens with one attached hydrogen (secondary N) is 1. The Morgan fingerprint density at radius 2 is 1.88 bits per heavy atom. The molecule has 0 saturated heterocycles. The molecule has 0 spiro atoms. The molecule has 0 radical (unpaired) electrons. The van der Waals surface area contributed by atoms with Gasteiger partial charge in [0.1, 0.15) is 11.6 Å².